The Balaban J connectivity index is 1.78. The zero-order valence-electron chi connectivity index (χ0n) is 15.0. The lowest BCUT2D eigenvalue weighted by molar-refractivity contribution is 0.262. The summed E-state index contributed by atoms with van der Waals surface area (Å²) in [4.78, 5) is 16.4. The highest BCUT2D eigenvalue weighted by Crippen LogP contribution is 2.30. The number of hydrogen-bond donors (Lipinski definition) is 2. The standard InChI is InChI=1S/C18H19N3O4S2/c1-11(2)27(23,24)18-21-15-8-7-13(10-16(15)26-18)20-17(22)19-12-5-4-6-14(9-12)25-3/h4-11H,1-3H3,(H2,19,20,22). The molecule has 2 amide bonds. The fraction of sp³-hybridized carbons (Fsp3) is 0.222. The molecule has 7 nitrogen and oxygen atoms in total. The van der Waals surface area contributed by atoms with E-state index in [4.69, 9.17) is 4.74 Å². The summed E-state index contributed by atoms with van der Waals surface area (Å²) >= 11 is 1.10. The number of benzene rings is 2. The average molecular weight is 406 g/mol. The molecule has 0 radical (unpaired) electrons. The van der Waals surface area contributed by atoms with Crippen molar-refractivity contribution in [3.63, 3.8) is 0 Å². The second kappa shape index (κ2) is 7.53. The summed E-state index contributed by atoms with van der Waals surface area (Å²) in [5, 5.41) is 4.91. The molecule has 9 heteroatoms. The third-order valence-electron chi connectivity index (χ3n) is 3.82. The van der Waals surface area contributed by atoms with E-state index in [0.717, 1.165) is 11.3 Å². The molecule has 3 rings (SSSR count). The Morgan fingerprint density at radius 1 is 1.11 bits per heavy atom. The van der Waals surface area contributed by atoms with Crippen molar-refractivity contribution >= 4 is 48.8 Å². The summed E-state index contributed by atoms with van der Waals surface area (Å²) in [5.41, 5.74) is 1.72. The highest BCUT2D eigenvalue weighted by Gasteiger charge is 2.23. The van der Waals surface area contributed by atoms with E-state index in [1.54, 1.807) is 63.4 Å². The first-order valence-corrected chi connectivity index (χ1v) is 10.5. The number of thiazole rings is 1. The Morgan fingerprint density at radius 2 is 1.81 bits per heavy atom. The normalized spacial score (nSPS) is 11.6. The first kappa shape index (κ1) is 19.1. The predicted molar refractivity (Wildman–Crippen MR) is 108 cm³/mol. The van der Waals surface area contributed by atoms with Crippen molar-refractivity contribution in [1.29, 1.82) is 0 Å². The van der Waals surface area contributed by atoms with Crippen LogP contribution in [0.25, 0.3) is 10.2 Å². The first-order valence-electron chi connectivity index (χ1n) is 8.16. The Morgan fingerprint density at radius 3 is 2.48 bits per heavy atom. The molecule has 0 aliphatic heterocycles. The van der Waals surface area contributed by atoms with Gasteiger partial charge >= 0.3 is 6.03 Å². The Hall–Kier alpha value is -2.65. The van der Waals surface area contributed by atoms with Gasteiger partial charge in [-0.3, -0.25) is 0 Å². The maximum absolute atomic E-state index is 12.3. The van der Waals surface area contributed by atoms with Gasteiger partial charge in [0.1, 0.15) is 5.75 Å². The summed E-state index contributed by atoms with van der Waals surface area (Å²) in [6.07, 6.45) is 0. The third kappa shape index (κ3) is 4.20. The number of methoxy groups -OCH3 is 1. The number of carbonyl (C=O) groups is 1. The zero-order valence-corrected chi connectivity index (χ0v) is 16.6. The molecule has 27 heavy (non-hydrogen) atoms. The fourth-order valence-electron chi connectivity index (χ4n) is 2.30. The molecule has 1 aromatic heterocycles. The molecule has 0 atom stereocenters. The van der Waals surface area contributed by atoms with Crippen molar-refractivity contribution in [2.24, 2.45) is 0 Å². The van der Waals surface area contributed by atoms with Gasteiger partial charge in [0.2, 0.25) is 14.2 Å². The number of urea groups is 1. The van der Waals surface area contributed by atoms with E-state index in [2.05, 4.69) is 15.6 Å². The molecule has 0 saturated heterocycles. The molecule has 0 saturated carbocycles. The molecule has 142 valence electrons. The number of nitrogens with one attached hydrogen (secondary N) is 2. The van der Waals surface area contributed by atoms with Crippen LogP contribution in [0.15, 0.2) is 46.8 Å². The van der Waals surface area contributed by atoms with Crippen molar-refractivity contribution in [2.45, 2.75) is 23.4 Å². The second-order valence-electron chi connectivity index (χ2n) is 6.07. The van der Waals surface area contributed by atoms with Gasteiger partial charge in [-0.15, -0.1) is 11.3 Å². The molecule has 2 aromatic carbocycles. The lowest BCUT2D eigenvalue weighted by Crippen LogP contribution is -2.19. The monoisotopic (exact) mass is 405 g/mol. The van der Waals surface area contributed by atoms with Gasteiger partial charge < -0.3 is 15.4 Å². The van der Waals surface area contributed by atoms with E-state index in [1.807, 2.05) is 0 Å². The minimum atomic E-state index is -3.43. The van der Waals surface area contributed by atoms with Crippen LogP contribution in [-0.2, 0) is 9.84 Å². The quantitative estimate of drug-likeness (QED) is 0.665. The number of hydrogen-bond acceptors (Lipinski definition) is 6. The highest BCUT2D eigenvalue weighted by molar-refractivity contribution is 7.94. The van der Waals surface area contributed by atoms with Crippen molar-refractivity contribution in [3.8, 4) is 5.75 Å². The van der Waals surface area contributed by atoms with Crippen molar-refractivity contribution in [2.75, 3.05) is 17.7 Å². The molecular formula is C18H19N3O4S2. The minimum Gasteiger partial charge on any atom is -0.497 e. The molecule has 2 N–H and O–H groups in total. The van der Waals surface area contributed by atoms with Crippen molar-refractivity contribution < 1.29 is 17.9 Å². The lowest BCUT2D eigenvalue weighted by atomic mass is 10.3. The van der Waals surface area contributed by atoms with Gasteiger partial charge in [-0.1, -0.05) is 6.07 Å². The predicted octanol–water partition coefficient (Wildman–Crippen LogP) is 4.13. The Kier molecular flexibility index (Phi) is 5.33. The maximum atomic E-state index is 12.3. The summed E-state index contributed by atoms with van der Waals surface area (Å²) in [6, 6.07) is 11.7. The number of anilines is 2. The molecule has 0 aliphatic carbocycles. The summed E-state index contributed by atoms with van der Waals surface area (Å²) in [7, 11) is -1.87. The number of carbonyl (C=O) groups excluding carboxylic acids is 1. The number of ether oxygens (including phenoxy) is 1. The molecule has 0 fully saturated rings. The van der Waals surface area contributed by atoms with E-state index in [9.17, 15) is 13.2 Å². The van der Waals surface area contributed by atoms with Crippen molar-refractivity contribution in [1.82, 2.24) is 4.98 Å². The van der Waals surface area contributed by atoms with Gasteiger partial charge in [0.15, 0.2) is 0 Å². The number of aromatic nitrogens is 1. The van der Waals surface area contributed by atoms with Crippen LogP contribution in [0.5, 0.6) is 5.75 Å². The minimum absolute atomic E-state index is 0.0884. The van der Waals surface area contributed by atoms with Gasteiger partial charge in [0.25, 0.3) is 0 Å². The second-order valence-corrected chi connectivity index (χ2v) is 9.78. The van der Waals surface area contributed by atoms with Gasteiger partial charge in [0.05, 0.1) is 22.6 Å². The van der Waals surface area contributed by atoms with Crippen LogP contribution in [0.4, 0.5) is 16.2 Å². The van der Waals surface area contributed by atoms with Crippen LogP contribution < -0.4 is 15.4 Å². The van der Waals surface area contributed by atoms with Gasteiger partial charge in [0, 0.05) is 17.4 Å². The van der Waals surface area contributed by atoms with E-state index >= 15 is 0 Å². The van der Waals surface area contributed by atoms with Gasteiger partial charge in [-0.05, 0) is 44.2 Å². The summed E-state index contributed by atoms with van der Waals surface area (Å²) in [6.45, 7) is 3.24. The van der Waals surface area contributed by atoms with E-state index in [-0.39, 0.29) is 4.34 Å². The Labute approximate surface area is 161 Å². The summed E-state index contributed by atoms with van der Waals surface area (Å²) < 4.78 is 30.5. The van der Waals surface area contributed by atoms with Crippen LogP contribution in [0, 0.1) is 0 Å². The fourth-order valence-corrected chi connectivity index (χ4v) is 4.98. The van der Waals surface area contributed by atoms with Crippen LogP contribution >= 0.6 is 11.3 Å². The van der Waals surface area contributed by atoms with Crippen LogP contribution in [0.2, 0.25) is 0 Å². The van der Waals surface area contributed by atoms with Crippen molar-refractivity contribution in [3.05, 3.63) is 42.5 Å². The molecule has 0 spiro atoms. The number of nitrogens with zero attached hydrogens (tertiary/aromatic N) is 1. The third-order valence-corrected chi connectivity index (χ3v) is 7.40. The topological polar surface area (TPSA) is 97.4 Å². The number of sulfone groups is 1. The maximum Gasteiger partial charge on any atom is 0.323 e. The SMILES string of the molecule is COc1cccc(NC(=O)Nc2ccc3nc(S(=O)(=O)C(C)C)sc3c2)c1. The highest BCUT2D eigenvalue weighted by atomic mass is 32.2. The van der Waals surface area contributed by atoms with Crippen LogP contribution in [0.3, 0.4) is 0 Å². The summed E-state index contributed by atoms with van der Waals surface area (Å²) in [5.74, 6) is 0.637. The van der Waals surface area contributed by atoms with Crippen LogP contribution in [-0.4, -0.2) is 31.8 Å². The van der Waals surface area contributed by atoms with E-state index < -0.39 is 21.1 Å². The molecule has 1 heterocycles. The smallest absolute Gasteiger partial charge is 0.323 e. The van der Waals surface area contributed by atoms with Crippen LogP contribution in [0.1, 0.15) is 13.8 Å². The first-order chi connectivity index (χ1) is 12.8. The Bertz CT molecular complexity index is 1090. The number of rotatable bonds is 5. The molecule has 3 aromatic rings. The van der Waals surface area contributed by atoms with E-state index in [0.29, 0.717) is 27.3 Å². The number of amides is 2. The lowest BCUT2D eigenvalue weighted by Gasteiger charge is -2.08. The molecule has 0 bridgehead atoms. The molecule has 0 aliphatic rings. The van der Waals surface area contributed by atoms with Gasteiger partial charge in [-0.25, -0.2) is 18.2 Å². The van der Waals surface area contributed by atoms with E-state index in [1.165, 1.54) is 0 Å². The largest absolute Gasteiger partial charge is 0.497 e. The molecular weight excluding hydrogens is 386 g/mol. The molecule has 0 unspecified atom stereocenters. The average Bonchev–Trinajstić information content (AvgIpc) is 3.05. The number of fused-ring (bicyclic) bond motifs is 1. The van der Waals surface area contributed by atoms with Gasteiger partial charge in [-0.2, -0.15) is 0 Å². The zero-order chi connectivity index (χ0) is 19.6.